The number of hydrogen-bond donors (Lipinski definition) is 1. The van der Waals surface area contributed by atoms with Crippen LogP contribution >= 0.6 is 0 Å². The smallest absolute Gasteiger partial charge is 0.221 e. The number of nitrogens with zero attached hydrogens (tertiary/aromatic N) is 3. The van der Waals surface area contributed by atoms with Crippen LogP contribution in [0.4, 0.5) is 5.82 Å². The van der Waals surface area contributed by atoms with Gasteiger partial charge in [0.05, 0.1) is 5.56 Å². The first kappa shape index (κ1) is 14.6. The predicted molar refractivity (Wildman–Crippen MR) is 84.1 cm³/mol. The molecule has 0 amide bonds. The third-order valence-electron chi connectivity index (χ3n) is 4.63. The van der Waals surface area contributed by atoms with Gasteiger partial charge in [0.1, 0.15) is 18.2 Å². The van der Waals surface area contributed by atoms with Crippen molar-refractivity contribution in [3.8, 4) is 5.88 Å². The molecular formula is C16H26N4O. The normalized spacial score (nSPS) is 23.1. The molecule has 0 radical (unpaired) electrons. The number of likely N-dealkylation sites (tertiary alicyclic amines) is 1. The lowest BCUT2D eigenvalue weighted by atomic mass is 10.0. The maximum atomic E-state index is 6.08. The maximum absolute atomic E-state index is 6.08. The van der Waals surface area contributed by atoms with Crippen LogP contribution in [0.15, 0.2) is 0 Å². The molecule has 2 fully saturated rings. The summed E-state index contributed by atoms with van der Waals surface area (Å²) < 4.78 is 6.08. The first-order chi connectivity index (χ1) is 10.2. The second kappa shape index (κ2) is 6.18. The lowest BCUT2D eigenvalue weighted by Gasteiger charge is -2.32. The Labute approximate surface area is 127 Å². The zero-order valence-electron chi connectivity index (χ0n) is 13.4. The van der Waals surface area contributed by atoms with Crippen LogP contribution in [-0.4, -0.2) is 48.2 Å². The summed E-state index contributed by atoms with van der Waals surface area (Å²) >= 11 is 0. The van der Waals surface area contributed by atoms with E-state index in [4.69, 9.17) is 4.74 Å². The van der Waals surface area contributed by atoms with Crippen molar-refractivity contribution < 1.29 is 4.74 Å². The van der Waals surface area contributed by atoms with E-state index >= 15 is 0 Å². The first-order valence-electron chi connectivity index (χ1n) is 8.08. The highest BCUT2D eigenvalue weighted by atomic mass is 16.5. The van der Waals surface area contributed by atoms with Crippen molar-refractivity contribution in [2.24, 2.45) is 0 Å². The largest absolute Gasteiger partial charge is 0.476 e. The molecule has 0 spiro atoms. The quantitative estimate of drug-likeness (QED) is 0.903. The molecule has 21 heavy (non-hydrogen) atoms. The Morgan fingerprint density at radius 2 is 2.05 bits per heavy atom. The van der Waals surface area contributed by atoms with Crippen LogP contribution in [0.5, 0.6) is 5.88 Å². The Morgan fingerprint density at radius 3 is 2.71 bits per heavy atom. The van der Waals surface area contributed by atoms with Gasteiger partial charge in [-0.05, 0) is 46.2 Å². The number of rotatable bonds is 5. The second-order valence-corrected chi connectivity index (χ2v) is 6.33. The fourth-order valence-electron chi connectivity index (χ4n) is 2.95. The van der Waals surface area contributed by atoms with Gasteiger partial charge in [0, 0.05) is 19.0 Å². The maximum Gasteiger partial charge on any atom is 0.221 e. The minimum Gasteiger partial charge on any atom is -0.476 e. The van der Waals surface area contributed by atoms with E-state index in [0.717, 1.165) is 29.7 Å². The summed E-state index contributed by atoms with van der Waals surface area (Å²) in [6.45, 7) is 3.93. The van der Waals surface area contributed by atoms with E-state index in [1.54, 1.807) is 0 Å². The van der Waals surface area contributed by atoms with E-state index in [1.807, 2.05) is 14.0 Å². The van der Waals surface area contributed by atoms with Gasteiger partial charge in [0.25, 0.3) is 0 Å². The van der Waals surface area contributed by atoms with Gasteiger partial charge in [0.2, 0.25) is 5.88 Å². The summed E-state index contributed by atoms with van der Waals surface area (Å²) in [6, 6.07) is 0.510. The minimum absolute atomic E-state index is 0.510. The van der Waals surface area contributed by atoms with Crippen molar-refractivity contribution in [1.82, 2.24) is 14.9 Å². The van der Waals surface area contributed by atoms with Gasteiger partial charge in [-0.3, -0.25) is 0 Å². The monoisotopic (exact) mass is 290 g/mol. The average molecular weight is 290 g/mol. The highest BCUT2D eigenvalue weighted by Crippen LogP contribution is 2.39. The highest BCUT2D eigenvalue weighted by molar-refractivity contribution is 5.48. The summed E-state index contributed by atoms with van der Waals surface area (Å²) in [7, 11) is 4.10. The lowest BCUT2D eigenvalue weighted by Crippen LogP contribution is -2.40. The number of likely N-dealkylation sites (N-methyl/N-ethyl adjacent to an activating group) is 1. The van der Waals surface area contributed by atoms with E-state index in [-0.39, 0.29) is 0 Å². The van der Waals surface area contributed by atoms with Gasteiger partial charge in [-0.25, -0.2) is 4.98 Å². The van der Waals surface area contributed by atoms with Crippen molar-refractivity contribution in [2.75, 3.05) is 32.6 Å². The van der Waals surface area contributed by atoms with Gasteiger partial charge in [-0.2, -0.15) is 4.98 Å². The van der Waals surface area contributed by atoms with Gasteiger partial charge in [-0.15, -0.1) is 0 Å². The summed E-state index contributed by atoms with van der Waals surface area (Å²) in [5, 5.41) is 3.16. The molecule has 116 valence electrons. The molecule has 5 nitrogen and oxygen atoms in total. The molecule has 2 heterocycles. The number of aromatic nitrogens is 2. The van der Waals surface area contributed by atoms with E-state index in [0.29, 0.717) is 12.0 Å². The number of anilines is 1. The number of ether oxygens (including phenoxy) is 1. The molecule has 1 saturated heterocycles. The Balaban J connectivity index is 1.72. The minimum atomic E-state index is 0.510. The Morgan fingerprint density at radius 1 is 1.24 bits per heavy atom. The Hall–Kier alpha value is -1.36. The van der Waals surface area contributed by atoms with Crippen molar-refractivity contribution in [3.63, 3.8) is 0 Å². The summed E-state index contributed by atoms with van der Waals surface area (Å²) in [6.07, 6.45) is 6.23. The van der Waals surface area contributed by atoms with Crippen molar-refractivity contribution >= 4 is 5.82 Å². The van der Waals surface area contributed by atoms with Crippen LogP contribution in [-0.2, 0) is 0 Å². The Bertz CT molecular complexity index is 501. The molecule has 1 aromatic heterocycles. The number of nitrogens with one attached hydrogen (secondary N) is 1. The van der Waals surface area contributed by atoms with Gasteiger partial charge in [-0.1, -0.05) is 6.42 Å². The van der Waals surface area contributed by atoms with Crippen LogP contribution in [0.1, 0.15) is 49.4 Å². The van der Waals surface area contributed by atoms with Crippen LogP contribution in [0.2, 0.25) is 0 Å². The highest BCUT2D eigenvalue weighted by Gasteiger charge is 2.29. The van der Waals surface area contributed by atoms with Crippen LogP contribution in [0, 0.1) is 6.92 Å². The zero-order chi connectivity index (χ0) is 14.8. The zero-order valence-corrected chi connectivity index (χ0v) is 13.4. The van der Waals surface area contributed by atoms with Crippen molar-refractivity contribution in [2.45, 2.75) is 51.0 Å². The molecule has 0 aromatic carbocycles. The molecule has 1 aromatic rings. The van der Waals surface area contributed by atoms with Gasteiger partial charge < -0.3 is 15.0 Å². The van der Waals surface area contributed by atoms with E-state index in [1.165, 1.54) is 38.6 Å². The molecule has 1 atom stereocenters. The molecule has 3 rings (SSSR count). The van der Waals surface area contributed by atoms with Crippen molar-refractivity contribution in [1.29, 1.82) is 0 Å². The Kier molecular flexibility index (Phi) is 4.29. The molecule has 5 heteroatoms. The number of hydrogen-bond acceptors (Lipinski definition) is 5. The third kappa shape index (κ3) is 3.28. The summed E-state index contributed by atoms with van der Waals surface area (Å²) in [5.74, 6) is 3.14. The molecule has 1 N–H and O–H groups in total. The second-order valence-electron chi connectivity index (χ2n) is 6.33. The third-order valence-corrected chi connectivity index (χ3v) is 4.63. The first-order valence-corrected chi connectivity index (χ1v) is 8.08. The van der Waals surface area contributed by atoms with Crippen LogP contribution in [0.25, 0.3) is 0 Å². The molecule has 1 saturated carbocycles. The summed E-state index contributed by atoms with van der Waals surface area (Å²) in [5.41, 5.74) is 1.01. The van der Waals surface area contributed by atoms with Crippen molar-refractivity contribution in [3.05, 3.63) is 11.4 Å². The standard InChI is InChI=1S/C16H26N4O/c1-11-14(17-2)18-15(12-7-8-12)19-16(11)21-10-13-6-4-5-9-20(13)3/h12-13H,4-10H2,1-3H3,(H,17,18,19). The molecule has 1 aliphatic carbocycles. The van der Waals surface area contributed by atoms with Gasteiger partial charge >= 0.3 is 0 Å². The van der Waals surface area contributed by atoms with E-state index in [9.17, 15) is 0 Å². The van der Waals surface area contributed by atoms with E-state index < -0.39 is 0 Å². The fraction of sp³-hybridized carbons (Fsp3) is 0.750. The SMILES string of the molecule is CNc1nc(C2CC2)nc(OCC2CCCCN2C)c1C. The molecule has 1 unspecified atom stereocenters. The summed E-state index contributed by atoms with van der Waals surface area (Å²) in [4.78, 5) is 11.7. The molecular weight excluding hydrogens is 264 g/mol. The average Bonchev–Trinajstić information content (AvgIpc) is 3.32. The molecule has 2 aliphatic rings. The fourth-order valence-corrected chi connectivity index (χ4v) is 2.95. The predicted octanol–water partition coefficient (Wildman–Crippen LogP) is 2.57. The molecule has 0 bridgehead atoms. The lowest BCUT2D eigenvalue weighted by molar-refractivity contribution is 0.122. The van der Waals surface area contributed by atoms with E-state index in [2.05, 4.69) is 27.2 Å². The molecule has 1 aliphatic heterocycles. The van der Waals surface area contributed by atoms with Crippen LogP contribution in [0.3, 0.4) is 0 Å². The van der Waals surface area contributed by atoms with Gasteiger partial charge in [0.15, 0.2) is 0 Å². The van der Waals surface area contributed by atoms with Crippen LogP contribution < -0.4 is 10.1 Å². The number of piperidine rings is 1. The topological polar surface area (TPSA) is 50.3 Å².